The van der Waals surface area contributed by atoms with Gasteiger partial charge in [0.2, 0.25) is 0 Å². The van der Waals surface area contributed by atoms with Crippen LogP contribution < -0.4 is 10.6 Å². The molecule has 4 saturated heterocycles. The van der Waals surface area contributed by atoms with E-state index in [2.05, 4.69) is 60.7 Å². The molecular formula is C24H30GeP2. The zero-order valence-corrected chi connectivity index (χ0v) is 20.0. The predicted octanol–water partition coefficient (Wildman–Crippen LogP) is 5.57. The molecule has 4 fully saturated rings. The van der Waals surface area contributed by atoms with Crippen molar-refractivity contribution in [2.45, 2.75) is 21.0 Å². The zero-order chi connectivity index (χ0) is 17.8. The number of hydrogen-bond donors (Lipinski definition) is 0. The average molecular weight is 453 g/mol. The first-order chi connectivity index (χ1) is 13.3. The maximum absolute atomic E-state index is 2.41. The van der Waals surface area contributed by atoms with Crippen LogP contribution in [0.1, 0.15) is 0 Å². The van der Waals surface area contributed by atoms with Gasteiger partial charge in [0.1, 0.15) is 0 Å². The van der Waals surface area contributed by atoms with Gasteiger partial charge in [0.05, 0.1) is 0 Å². The van der Waals surface area contributed by atoms with Crippen molar-refractivity contribution in [3.8, 4) is 0 Å². The molecule has 4 atom stereocenters. The molecule has 0 saturated carbocycles. The molecule has 2 aromatic rings. The third-order valence-electron chi connectivity index (χ3n) is 8.18. The molecular weight excluding hydrogens is 423 g/mol. The van der Waals surface area contributed by atoms with Crippen molar-refractivity contribution < 1.29 is 0 Å². The summed E-state index contributed by atoms with van der Waals surface area (Å²) in [6.45, 7) is 0. The van der Waals surface area contributed by atoms with Gasteiger partial charge in [0.25, 0.3) is 0 Å². The Balaban J connectivity index is 1.11. The van der Waals surface area contributed by atoms with Crippen LogP contribution in [-0.2, 0) is 0 Å². The molecule has 0 radical (unpaired) electrons. The summed E-state index contributed by atoms with van der Waals surface area (Å²) in [6, 6.07) is 23.0. The minimum atomic E-state index is -1.48. The molecule has 0 unspecified atom stereocenters. The Kier molecular flexibility index (Phi) is 4.56. The normalized spacial score (nSPS) is 35.0. The van der Waals surface area contributed by atoms with Crippen molar-refractivity contribution in [1.82, 2.24) is 0 Å². The Morgan fingerprint density at radius 3 is 1.19 bits per heavy atom. The molecule has 0 bridgehead atoms. The summed E-state index contributed by atoms with van der Waals surface area (Å²) >= 11 is -1.48. The van der Waals surface area contributed by atoms with E-state index in [1.807, 2.05) is 0 Å². The third-order valence-corrected chi connectivity index (χ3v) is 25.5. The van der Waals surface area contributed by atoms with Crippen LogP contribution in [0.25, 0.3) is 0 Å². The number of fused-ring (bicyclic) bond motifs is 2. The van der Waals surface area contributed by atoms with E-state index in [9.17, 15) is 0 Å². The van der Waals surface area contributed by atoms with E-state index in [0.29, 0.717) is 0 Å². The van der Waals surface area contributed by atoms with Crippen LogP contribution in [0, 0.1) is 23.7 Å². The standard InChI is InChI=1S/C24H30GeP2/c1-3-7-23(8-4-1)26-15-19-11-25(12-20(19)16-26)13-21-17-27(18-22(21)14-25)24-9-5-2-6-10-24/h1-10,19-22H,11-18H2/t19-,20-,21-,22-,25?,26?,27?/m0/s1. The fourth-order valence-corrected chi connectivity index (χ4v) is 31.0. The van der Waals surface area contributed by atoms with Crippen LogP contribution in [0.15, 0.2) is 60.7 Å². The second-order valence-electron chi connectivity index (χ2n) is 9.84. The first-order valence-corrected chi connectivity index (χ1v) is 20.2. The Bertz CT molecular complexity index is 707. The van der Waals surface area contributed by atoms with Crippen molar-refractivity contribution in [3.05, 3.63) is 60.7 Å². The maximum atomic E-state index is 2.41. The predicted molar refractivity (Wildman–Crippen MR) is 124 cm³/mol. The SMILES string of the molecule is c1ccc(P2C[C@@H]3[CH2][Ge]4([CH2][C@H]3C2)[CH2][C@H]2CP(c3ccccc3)C[C@@H]2[CH2]4)cc1. The van der Waals surface area contributed by atoms with Gasteiger partial charge in [-0.25, -0.2) is 0 Å². The topological polar surface area (TPSA) is 0 Å². The number of hydrogen-bond acceptors (Lipinski definition) is 0. The molecule has 3 heteroatoms. The Morgan fingerprint density at radius 2 is 0.852 bits per heavy atom. The molecule has 0 amide bonds. The van der Waals surface area contributed by atoms with E-state index in [-0.39, 0.29) is 15.8 Å². The van der Waals surface area contributed by atoms with E-state index < -0.39 is 13.3 Å². The molecule has 6 rings (SSSR count). The van der Waals surface area contributed by atoms with Gasteiger partial charge in [-0.15, -0.1) is 0 Å². The van der Waals surface area contributed by atoms with Crippen LogP contribution in [0.2, 0.25) is 21.0 Å². The monoisotopic (exact) mass is 454 g/mol. The Hall–Kier alpha value is -0.157. The van der Waals surface area contributed by atoms with Gasteiger partial charge in [0, 0.05) is 0 Å². The van der Waals surface area contributed by atoms with Crippen LogP contribution in [0.5, 0.6) is 0 Å². The molecule has 1 spiro atoms. The zero-order valence-electron chi connectivity index (χ0n) is 16.1. The quantitative estimate of drug-likeness (QED) is 0.412. The van der Waals surface area contributed by atoms with Crippen LogP contribution in [-0.4, -0.2) is 37.9 Å². The molecule has 2 aromatic carbocycles. The van der Waals surface area contributed by atoms with Crippen molar-refractivity contribution in [2.75, 3.05) is 24.6 Å². The van der Waals surface area contributed by atoms with Crippen molar-refractivity contribution in [3.63, 3.8) is 0 Å². The second kappa shape index (κ2) is 6.97. The summed E-state index contributed by atoms with van der Waals surface area (Å²) < 4.78 is 0. The van der Waals surface area contributed by atoms with Gasteiger partial charge in [-0.1, -0.05) is 0 Å². The Labute approximate surface area is 169 Å². The number of benzene rings is 2. The van der Waals surface area contributed by atoms with Gasteiger partial charge in [-0.2, -0.15) is 0 Å². The summed E-state index contributed by atoms with van der Waals surface area (Å²) in [7, 11) is 0.359. The van der Waals surface area contributed by atoms with E-state index in [4.69, 9.17) is 0 Å². The van der Waals surface area contributed by atoms with Gasteiger partial charge in [0.15, 0.2) is 0 Å². The molecule has 4 aliphatic rings. The minimum absolute atomic E-state index is 0.179. The third kappa shape index (κ3) is 3.19. The van der Waals surface area contributed by atoms with Gasteiger partial charge in [-0.3, -0.25) is 0 Å². The van der Waals surface area contributed by atoms with Gasteiger partial charge < -0.3 is 0 Å². The second-order valence-corrected chi connectivity index (χ2v) is 24.2. The molecule has 4 aliphatic heterocycles. The van der Waals surface area contributed by atoms with Crippen molar-refractivity contribution in [2.24, 2.45) is 23.7 Å². The van der Waals surface area contributed by atoms with E-state index in [1.165, 1.54) is 0 Å². The number of rotatable bonds is 2. The molecule has 0 N–H and O–H groups in total. The molecule has 140 valence electrons. The average Bonchev–Trinajstić information content (AvgIpc) is 3.42. The summed E-state index contributed by atoms with van der Waals surface area (Å²) in [5, 5.41) is 10.5. The summed E-state index contributed by atoms with van der Waals surface area (Å²) in [6.07, 6.45) is 6.35. The summed E-state index contributed by atoms with van der Waals surface area (Å²) in [4.78, 5) is 0. The van der Waals surface area contributed by atoms with Crippen LogP contribution in [0.3, 0.4) is 0 Å². The van der Waals surface area contributed by atoms with E-state index >= 15 is 0 Å². The fraction of sp³-hybridized carbons (Fsp3) is 0.500. The van der Waals surface area contributed by atoms with E-state index in [0.717, 1.165) is 23.7 Å². The first-order valence-electron chi connectivity index (χ1n) is 10.9. The van der Waals surface area contributed by atoms with Crippen LogP contribution in [0.4, 0.5) is 0 Å². The van der Waals surface area contributed by atoms with Crippen LogP contribution >= 0.6 is 15.8 Å². The van der Waals surface area contributed by atoms with Gasteiger partial charge >= 0.3 is 170 Å². The molecule has 0 aromatic heterocycles. The van der Waals surface area contributed by atoms with Gasteiger partial charge in [-0.05, 0) is 0 Å². The first kappa shape index (κ1) is 17.7. The summed E-state index contributed by atoms with van der Waals surface area (Å²) in [5.74, 6) is 4.58. The molecule has 4 heterocycles. The molecule has 0 nitrogen and oxygen atoms in total. The molecule has 0 aliphatic carbocycles. The van der Waals surface area contributed by atoms with Crippen molar-refractivity contribution in [1.29, 1.82) is 0 Å². The summed E-state index contributed by atoms with van der Waals surface area (Å²) in [5.41, 5.74) is 0. The van der Waals surface area contributed by atoms with Crippen molar-refractivity contribution >= 4 is 39.7 Å². The van der Waals surface area contributed by atoms with E-state index in [1.54, 1.807) is 56.3 Å². The Morgan fingerprint density at radius 1 is 0.519 bits per heavy atom. The molecule has 27 heavy (non-hydrogen) atoms. The fourth-order valence-electron chi connectivity index (χ4n) is 7.23.